The van der Waals surface area contributed by atoms with Crippen LogP contribution in [0.3, 0.4) is 0 Å². The lowest BCUT2D eigenvalue weighted by molar-refractivity contribution is -0.118. The maximum absolute atomic E-state index is 12.6. The summed E-state index contributed by atoms with van der Waals surface area (Å²) in [7, 11) is 0. The quantitative estimate of drug-likeness (QED) is 0.637. The first kappa shape index (κ1) is 17.4. The molecule has 3 N–H and O–H groups in total. The van der Waals surface area contributed by atoms with Crippen molar-refractivity contribution in [2.75, 3.05) is 5.32 Å². The fraction of sp³-hybridized carbons (Fsp3) is 0.158. The van der Waals surface area contributed by atoms with Gasteiger partial charge in [-0.25, -0.2) is 0 Å². The molecule has 0 fully saturated rings. The van der Waals surface area contributed by atoms with Crippen molar-refractivity contribution < 1.29 is 19.2 Å². The van der Waals surface area contributed by atoms with Crippen LogP contribution in [0.2, 0.25) is 0 Å². The third-order valence-electron chi connectivity index (χ3n) is 4.65. The van der Waals surface area contributed by atoms with Gasteiger partial charge in [0, 0.05) is 15.7 Å². The zero-order valence-corrected chi connectivity index (χ0v) is 15.6. The maximum Gasteiger partial charge on any atom is 0.258 e. The number of fused-ring (bicyclic) bond motifs is 2. The maximum atomic E-state index is 12.6. The van der Waals surface area contributed by atoms with Crippen LogP contribution in [0.25, 0.3) is 0 Å². The van der Waals surface area contributed by atoms with Gasteiger partial charge < -0.3 is 10.6 Å². The summed E-state index contributed by atoms with van der Waals surface area (Å²) in [5.74, 6) is -1.78. The second-order valence-corrected chi connectivity index (χ2v) is 7.31. The van der Waals surface area contributed by atoms with Crippen molar-refractivity contribution in [3.8, 4) is 0 Å². The third kappa shape index (κ3) is 3.23. The fourth-order valence-corrected chi connectivity index (χ4v) is 3.64. The van der Waals surface area contributed by atoms with E-state index in [1.807, 2.05) is 18.2 Å². The van der Waals surface area contributed by atoms with Gasteiger partial charge in [0.1, 0.15) is 6.04 Å². The monoisotopic (exact) mass is 427 g/mol. The molecule has 0 spiro atoms. The molecule has 27 heavy (non-hydrogen) atoms. The Hall–Kier alpha value is -3.00. The summed E-state index contributed by atoms with van der Waals surface area (Å²) in [6, 6.07) is 9.17. The van der Waals surface area contributed by atoms with E-state index in [9.17, 15) is 19.2 Å². The minimum Gasteiger partial charge on any atom is -0.340 e. The first-order valence-electron chi connectivity index (χ1n) is 8.32. The molecule has 4 rings (SSSR count). The Morgan fingerprint density at radius 3 is 2.59 bits per heavy atom. The summed E-state index contributed by atoms with van der Waals surface area (Å²) in [5.41, 5.74) is 2.34. The second-order valence-electron chi connectivity index (χ2n) is 6.40. The van der Waals surface area contributed by atoms with Crippen LogP contribution >= 0.6 is 15.9 Å². The normalized spacial score (nSPS) is 18.1. The summed E-state index contributed by atoms with van der Waals surface area (Å²) >= 11 is 3.41. The van der Waals surface area contributed by atoms with Crippen molar-refractivity contribution in [2.45, 2.75) is 18.9 Å². The average Bonchev–Trinajstić information content (AvgIpc) is 2.83. The number of nitrogens with one attached hydrogen (secondary N) is 3. The molecule has 1 unspecified atom stereocenters. The zero-order chi connectivity index (χ0) is 19.1. The van der Waals surface area contributed by atoms with Crippen LogP contribution in [-0.2, 0) is 11.2 Å². The lowest BCUT2D eigenvalue weighted by atomic mass is 10.0. The summed E-state index contributed by atoms with van der Waals surface area (Å²) in [5, 5.41) is 7.72. The van der Waals surface area contributed by atoms with Crippen molar-refractivity contribution in [1.82, 2.24) is 10.6 Å². The van der Waals surface area contributed by atoms with E-state index in [0.717, 1.165) is 15.7 Å². The number of hydrogen-bond acceptors (Lipinski definition) is 4. The highest BCUT2D eigenvalue weighted by atomic mass is 79.9. The highest BCUT2D eigenvalue weighted by Crippen LogP contribution is 2.26. The number of benzene rings is 2. The SMILES string of the molecule is O=C(NC1CCc2cc(Br)ccc2NC1=O)c1ccc2c(c1)C(=O)NC2=O. The summed E-state index contributed by atoms with van der Waals surface area (Å²) < 4.78 is 0.920. The van der Waals surface area contributed by atoms with Crippen LogP contribution in [0, 0.1) is 0 Å². The molecule has 8 heteroatoms. The molecule has 0 aliphatic carbocycles. The number of carbonyl (C=O) groups is 4. The van der Waals surface area contributed by atoms with Gasteiger partial charge in [0.2, 0.25) is 5.91 Å². The van der Waals surface area contributed by atoms with Crippen molar-refractivity contribution >= 4 is 45.2 Å². The third-order valence-corrected chi connectivity index (χ3v) is 5.14. The van der Waals surface area contributed by atoms with Crippen LogP contribution in [0.5, 0.6) is 0 Å². The van der Waals surface area contributed by atoms with Crippen molar-refractivity contribution in [3.63, 3.8) is 0 Å². The summed E-state index contributed by atoms with van der Waals surface area (Å²) in [4.78, 5) is 48.4. The van der Waals surface area contributed by atoms with E-state index in [4.69, 9.17) is 0 Å². The number of imide groups is 1. The fourth-order valence-electron chi connectivity index (χ4n) is 3.23. The number of hydrogen-bond donors (Lipinski definition) is 3. The Labute approximate surface area is 162 Å². The molecule has 2 heterocycles. The molecule has 0 saturated heterocycles. The van der Waals surface area contributed by atoms with Gasteiger partial charge in [0.15, 0.2) is 0 Å². The first-order valence-corrected chi connectivity index (χ1v) is 9.11. The molecular formula is C19H14BrN3O4. The Morgan fingerprint density at radius 1 is 1.00 bits per heavy atom. The molecule has 2 aliphatic heterocycles. The number of anilines is 1. The molecule has 2 aromatic carbocycles. The lowest BCUT2D eigenvalue weighted by Crippen LogP contribution is -2.43. The first-order chi connectivity index (χ1) is 12.9. The minimum absolute atomic E-state index is 0.162. The van der Waals surface area contributed by atoms with Gasteiger partial charge in [-0.3, -0.25) is 24.5 Å². The topological polar surface area (TPSA) is 104 Å². The van der Waals surface area contributed by atoms with Gasteiger partial charge in [0.25, 0.3) is 17.7 Å². The van der Waals surface area contributed by atoms with Crippen LogP contribution in [0.1, 0.15) is 43.1 Å². The Balaban J connectivity index is 1.52. The average molecular weight is 428 g/mol. The van der Waals surface area contributed by atoms with Crippen molar-refractivity contribution in [3.05, 3.63) is 63.1 Å². The number of rotatable bonds is 2. The molecule has 0 bridgehead atoms. The van der Waals surface area contributed by atoms with Gasteiger partial charge in [-0.2, -0.15) is 0 Å². The number of halogens is 1. The van der Waals surface area contributed by atoms with Crippen LogP contribution < -0.4 is 16.0 Å². The van der Waals surface area contributed by atoms with Crippen LogP contribution in [0.15, 0.2) is 40.9 Å². The summed E-state index contributed by atoms with van der Waals surface area (Å²) in [6.45, 7) is 0. The van der Waals surface area contributed by atoms with E-state index in [1.165, 1.54) is 18.2 Å². The predicted molar refractivity (Wildman–Crippen MR) is 101 cm³/mol. The van der Waals surface area contributed by atoms with Crippen LogP contribution in [0.4, 0.5) is 5.69 Å². The smallest absolute Gasteiger partial charge is 0.258 e. The van der Waals surface area contributed by atoms with Gasteiger partial charge in [-0.15, -0.1) is 0 Å². The molecular weight excluding hydrogens is 414 g/mol. The van der Waals surface area contributed by atoms with E-state index in [2.05, 4.69) is 31.9 Å². The standard InChI is InChI=1S/C19H14BrN3O4/c20-11-3-6-14-9(7-11)2-5-15(19(27)21-14)22-16(24)10-1-4-12-13(8-10)18(26)23-17(12)25/h1,3-4,6-8,15H,2,5H2,(H,21,27)(H,22,24)(H,23,25,26). The molecule has 0 aromatic heterocycles. The Kier molecular flexibility index (Phi) is 4.27. The molecule has 2 aromatic rings. The molecule has 4 amide bonds. The van der Waals surface area contributed by atoms with Gasteiger partial charge in [0.05, 0.1) is 11.1 Å². The number of amides is 4. The zero-order valence-electron chi connectivity index (χ0n) is 14.0. The molecule has 1 atom stereocenters. The molecule has 2 aliphatic rings. The number of aryl methyl sites for hydroxylation is 1. The molecule has 0 saturated carbocycles. The van der Waals surface area contributed by atoms with Crippen molar-refractivity contribution in [1.29, 1.82) is 0 Å². The van der Waals surface area contributed by atoms with Crippen molar-refractivity contribution in [2.24, 2.45) is 0 Å². The van der Waals surface area contributed by atoms with E-state index < -0.39 is 23.8 Å². The predicted octanol–water partition coefficient (Wildman–Crippen LogP) is 2.02. The van der Waals surface area contributed by atoms with Gasteiger partial charge in [-0.05, 0) is 54.8 Å². The van der Waals surface area contributed by atoms with Gasteiger partial charge >= 0.3 is 0 Å². The van der Waals surface area contributed by atoms with E-state index in [0.29, 0.717) is 12.8 Å². The van der Waals surface area contributed by atoms with E-state index >= 15 is 0 Å². The van der Waals surface area contributed by atoms with E-state index in [1.54, 1.807) is 0 Å². The second kappa shape index (κ2) is 6.62. The van der Waals surface area contributed by atoms with Crippen LogP contribution in [-0.4, -0.2) is 29.7 Å². The molecule has 136 valence electrons. The molecule has 0 radical (unpaired) electrons. The van der Waals surface area contributed by atoms with Gasteiger partial charge in [-0.1, -0.05) is 15.9 Å². The van der Waals surface area contributed by atoms with E-state index in [-0.39, 0.29) is 22.6 Å². The highest BCUT2D eigenvalue weighted by Gasteiger charge is 2.29. The Bertz CT molecular complexity index is 1020. The minimum atomic E-state index is -0.701. The largest absolute Gasteiger partial charge is 0.340 e. The molecule has 7 nitrogen and oxygen atoms in total. The Morgan fingerprint density at radius 2 is 1.78 bits per heavy atom. The summed E-state index contributed by atoms with van der Waals surface area (Å²) in [6.07, 6.45) is 1.07. The lowest BCUT2D eigenvalue weighted by Gasteiger charge is -2.15. The number of carbonyl (C=O) groups excluding carboxylic acids is 4. The highest BCUT2D eigenvalue weighted by molar-refractivity contribution is 9.10.